The molecule has 0 radical (unpaired) electrons. The largest absolute Gasteiger partial charge is 0.494 e. The molecule has 0 atom stereocenters. The highest BCUT2D eigenvalue weighted by Crippen LogP contribution is 2.24. The van der Waals surface area contributed by atoms with Gasteiger partial charge in [0.1, 0.15) is 0 Å². The Bertz CT molecular complexity index is 1270. The van der Waals surface area contributed by atoms with Crippen LogP contribution in [0.5, 0.6) is 5.75 Å². The maximum atomic E-state index is 13.5. The second kappa shape index (κ2) is 8.33. The van der Waals surface area contributed by atoms with Crippen molar-refractivity contribution in [1.29, 1.82) is 0 Å². The number of sulfonamides is 2. The summed E-state index contributed by atoms with van der Waals surface area (Å²) in [5.41, 5.74) is 1.47. The van der Waals surface area contributed by atoms with Gasteiger partial charge < -0.3 is 4.74 Å². The molecule has 0 fully saturated rings. The van der Waals surface area contributed by atoms with E-state index in [1.165, 1.54) is 31.4 Å². The topological polar surface area (TPSA) is 102 Å². The van der Waals surface area contributed by atoms with Crippen LogP contribution in [0.25, 0.3) is 0 Å². The third-order valence-corrected chi connectivity index (χ3v) is 6.90. The molecule has 0 saturated heterocycles. The van der Waals surface area contributed by atoms with Gasteiger partial charge in [-0.15, -0.1) is 0 Å². The van der Waals surface area contributed by atoms with Crippen molar-refractivity contribution in [3.05, 3.63) is 78.1 Å². The van der Waals surface area contributed by atoms with Gasteiger partial charge in [-0.1, -0.05) is 12.1 Å². The quantitative estimate of drug-likeness (QED) is 0.571. The van der Waals surface area contributed by atoms with E-state index in [0.29, 0.717) is 5.69 Å². The van der Waals surface area contributed by atoms with Crippen molar-refractivity contribution in [1.82, 2.24) is 0 Å². The van der Waals surface area contributed by atoms with Crippen LogP contribution < -0.4 is 14.2 Å². The summed E-state index contributed by atoms with van der Waals surface area (Å²) in [6, 6.07) is 15.2. The maximum absolute atomic E-state index is 13.5. The van der Waals surface area contributed by atoms with Gasteiger partial charge >= 0.3 is 0 Å². The second-order valence-electron chi connectivity index (χ2n) is 6.40. The SMILES string of the molecule is COc1cc(S(=O)(=O)Nc2ccc(S(=O)(=O)Nc3cccc(C)c3)cc2)ccc1F. The zero-order valence-corrected chi connectivity index (χ0v) is 17.7. The molecular formula is C20H19FN2O5S2. The van der Waals surface area contributed by atoms with Crippen molar-refractivity contribution >= 4 is 31.4 Å². The van der Waals surface area contributed by atoms with Gasteiger partial charge in [0.2, 0.25) is 0 Å². The number of benzene rings is 3. The van der Waals surface area contributed by atoms with Gasteiger partial charge in [0.15, 0.2) is 11.6 Å². The van der Waals surface area contributed by atoms with E-state index in [-0.39, 0.29) is 21.2 Å². The van der Waals surface area contributed by atoms with Crippen molar-refractivity contribution in [3.63, 3.8) is 0 Å². The molecular weight excluding hydrogens is 431 g/mol. The lowest BCUT2D eigenvalue weighted by molar-refractivity contribution is 0.385. The molecule has 0 bridgehead atoms. The molecule has 0 amide bonds. The molecule has 0 spiro atoms. The lowest BCUT2D eigenvalue weighted by Gasteiger charge is -2.11. The number of rotatable bonds is 7. The van der Waals surface area contributed by atoms with E-state index in [2.05, 4.69) is 9.44 Å². The van der Waals surface area contributed by atoms with E-state index < -0.39 is 25.9 Å². The molecule has 10 heteroatoms. The fourth-order valence-electron chi connectivity index (χ4n) is 2.65. The second-order valence-corrected chi connectivity index (χ2v) is 9.77. The van der Waals surface area contributed by atoms with Crippen LogP contribution in [0.1, 0.15) is 5.56 Å². The molecule has 0 aliphatic carbocycles. The molecule has 0 aliphatic heterocycles. The molecule has 3 aromatic carbocycles. The smallest absolute Gasteiger partial charge is 0.262 e. The van der Waals surface area contributed by atoms with Crippen LogP contribution in [0.4, 0.5) is 15.8 Å². The fraction of sp³-hybridized carbons (Fsp3) is 0.100. The van der Waals surface area contributed by atoms with Gasteiger partial charge in [-0.25, -0.2) is 21.2 Å². The van der Waals surface area contributed by atoms with Crippen LogP contribution in [-0.2, 0) is 20.0 Å². The van der Waals surface area contributed by atoms with E-state index in [4.69, 9.17) is 4.74 Å². The minimum absolute atomic E-state index is 0.0320. The summed E-state index contributed by atoms with van der Waals surface area (Å²) < 4.78 is 73.2. The molecule has 7 nitrogen and oxygen atoms in total. The number of ether oxygens (including phenoxy) is 1. The van der Waals surface area contributed by atoms with Gasteiger partial charge in [-0.2, -0.15) is 0 Å². The minimum atomic E-state index is -4.03. The number of hydrogen-bond acceptors (Lipinski definition) is 5. The molecule has 0 saturated carbocycles. The molecule has 3 aromatic rings. The Hall–Kier alpha value is -3.11. The zero-order valence-electron chi connectivity index (χ0n) is 16.1. The summed E-state index contributed by atoms with van der Waals surface area (Å²) in [5.74, 6) is -0.895. The normalized spacial score (nSPS) is 11.7. The highest BCUT2D eigenvalue weighted by Gasteiger charge is 2.18. The van der Waals surface area contributed by atoms with Crippen LogP contribution in [0.3, 0.4) is 0 Å². The van der Waals surface area contributed by atoms with Crippen molar-refractivity contribution in [2.75, 3.05) is 16.6 Å². The van der Waals surface area contributed by atoms with E-state index >= 15 is 0 Å². The third kappa shape index (κ3) is 4.89. The first-order valence-electron chi connectivity index (χ1n) is 8.67. The summed E-state index contributed by atoms with van der Waals surface area (Å²) in [6.07, 6.45) is 0. The molecule has 0 aliphatic rings. The Morgan fingerprint density at radius 1 is 0.767 bits per heavy atom. The lowest BCUT2D eigenvalue weighted by atomic mass is 10.2. The summed E-state index contributed by atoms with van der Waals surface area (Å²) in [6.45, 7) is 1.84. The van der Waals surface area contributed by atoms with Crippen LogP contribution in [0, 0.1) is 12.7 Å². The lowest BCUT2D eigenvalue weighted by Crippen LogP contribution is -2.15. The number of aryl methyl sites for hydroxylation is 1. The van der Waals surface area contributed by atoms with Crippen LogP contribution in [0.15, 0.2) is 76.5 Å². The third-order valence-electron chi connectivity index (χ3n) is 4.12. The van der Waals surface area contributed by atoms with Crippen LogP contribution >= 0.6 is 0 Å². The van der Waals surface area contributed by atoms with Crippen molar-refractivity contribution in [2.24, 2.45) is 0 Å². The van der Waals surface area contributed by atoms with Crippen molar-refractivity contribution in [2.45, 2.75) is 16.7 Å². The first kappa shape index (κ1) is 21.6. The Labute approximate surface area is 174 Å². The Morgan fingerprint density at radius 2 is 1.37 bits per heavy atom. The van der Waals surface area contributed by atoms with Gasteiger partial charge in [-0.05, 0) is 61.0 Å². The van der Waals surface area contributed by atoms with E-state index in [1.807, 2.05) is 13.0 Å². The number of nitrogens with one attached hydrogen (secondary N) is 2. The maximum Gasteiger partial charge on any atom is 0.262 e. The molecule has 2 N–H and O–H groups in total. The van der Waals surface area contributed by atoms with Crippen molar-refractivity contribution < 1.29 is 26.0 Å². The Balaban J connectivity index is 1.80. The highest BCUT2D eigenvalue weighted by atomic mass is 32.2. The van der Waals surface area contributed by atoms with Crippen molar-refractivity contribution in [3.8, 4) is 5.75 Å². The first-order chi connectivity index (χ1) is 14.1. The number of methoxy groups -OCH3 is 1. The highest BCUT2D eigenvalue weighted by molar-refractivity contribution is 7.93. The molecule has 0 unspecified atom stereocenters. The molecule has 158 valence electrons. The summed E-state index contributed by atoms with van der Waals surface area (Å²) >= 11 is 0. The van der Waals surface area contributed by atoms with E-state index in [0.717, 1.165) is 23.8 Å². The van der Waals surface area contributed by atoms with Gasteiger partial charge in [0, 0.05) is 17.4 Å². The Kier molecular flexibility index (Phi) is 5.99. The summed E-state index contributed by atoms with van der Waals surface area (Å²) in [4.78, 5) is -0.228. The van der Waals surface area contributed by atoms with E-state index in [9.17, 15) is 21.2 Å². The predicted octanol–water partition coefficient (Wildman–Crippen LogP) is 3.74. The average Bonchev–Trinajstić information content (AvgIpc) is 2.68. The number of halogens is 1. The fourth-order valence-corrected chi connectivity index (χ4v) is 4.77. The number of hydrogen-bond donors (Lipinski definition) is 2. The first-order valence-corrected chi connectivity index (χ1v) is 11.6. The average molecular weight is 451 g/mol. The van der Waals surface area contributed by atoms with Gasteiger partial charge in [0.05, 0.1) is 16.9 Å². The van der Waals surface area contributed by atoms with Crippen LogP contribution in [0.2, 0.25) is 0 Å². The van der Waals surface area contributed by atoms with Gasteiger partial charge in [0.25, 0.3) is 20.0 Å². The molecule has 3 rings (SSSR count). The monoisotopic (exact) mass is 450 g/mol. The summed E-state index contributed by atoms with van der Waals surface area (Å²) in [7, 11) is -6.64. The summed E-state index contributed by atoms with van der Waals surface area (Å²) in [5, 5.41) is 0. The molecule has 0 heterocycles. The minimum Gasteiger partial charge on any atom is -0.494 e. The van der Waals surface area contributed by atoms with Crippen LogP contribution in [-0.4, -0.2) is 23.9 Å². The standard InChI is InChI=1S/C20H19FN2O5S2/c1-14-4-3-5-16(12-14)23-29(24,25)17-8-6-15(7-9-17)22-30(26,27)18-10-11-19(21)20(13-18)28-2/h3-13,22-23H,1-2H3. The number of anilines is 2. The predicted molar refractivity (Wildman–Crippen MR) is 112 cm³/mol. The molecule has 30 heavy (non-hydrogen) atoms. The zero-order chi connectivity index (χ0) is 21.9. The Morgan fingerprint density at radius 3 is 2.00 bits per heavy atom. The van der Waals surface area contributed by atoms with Gasteiger partial charge in [-0.3, -0.25) is 9.44 Å². The van der Waals surface area contributed by atoms with E-state index in [1.54, 1.807) is 18.2 Å². The molecule has 0 aromatic heterocycles.